The topological polar surface area (TPSA) is 117 Å². The summed E-state index contributed by atoms with van der Waals surface area (Å²) in [6, 6.07) is 4.21. The molecule has 1 aliphatic heterocycles. The zero-order valence-corrected chi connectivity index (χ0v) is 15.0. The number of aromatic amines is 2. The summed E-state index contributed by atoms with van der Waals surface area (Å²) in [5, 5.41) is 4.54. The van der Waals surface area contributed by atoms with Gasteiger partial charge in [-0.05, 0) is 38.0 Å². The minimum atomic E-state index is -3.72. The number of aromatic nitrogens is 5. The molecule has 0 spiro atoms. The summed E-state index contributed by atoms with van der Waals surface area (Å²) in [6.45, 7) is 2.66. The average molecular weight is 374 g/mol. The molecule has 2 N–H and O–H groups in total. The lowest BCUT2D eigenvalue weighted by atomic mass is 10.2. The van der Waals surface area contributed by atoms with E-state index in [1.54, 1.807) is 6.07 Å². The molecule has 10 heteroatoms. The predicted molar refractivity (Wildman–Crippen MR) is 93.2 cm³/mol. The van der Waals surface area contributed by atoms with Crippen LogP contribution in [-0.2, 0) is 16.6 Å². The Morgan fingerprint density at radius 2 is 1.92 bits per heavy atom. The first kappa shape index (κ1) is 15.8. The van der Waals surface area contributed by atoms with Gasteiger partial charge in [-0.1, -0.05) is 0 Å². The Bertz CT molecular complexity index is 1170. The lowest BCUT2D eigenvalue weighted by Crippen LogP contribution is -2.41. The summed E-state index contributed by atoms with van der Waals surface area (Å²) in [6.07, 6.45) is 2.21. The van der Waals surface area contributed by atoms with Crippen LogP contribution in [0, 0.1) is 0 Å². The molecule has 2 aliphatic rings. The molecule has 3 heterocycles. The van der Waals surface area contributed by atoms with Crippen molar-refractivity contribution in [2.45, 2.75) is 43.2 Å². The summed E-state index contributed by atoms with van der Waals surface area (Å²) in [7, 11) is -3.72. The van der Waals surface area contributed by atoms with E-state index in [0.29, 0.717) is 35.9 Å². The number of hydrogen-bond acceptors (Lipinski definition) is 5. The van der Waals surface area contributed by atoms with Crippen molar-refractivity contribution in [1.82, 2.24) is 29.0 Å². The van der Waals surface area contributed by atoms with Gasteiger partial charge in [0.25, 0.3) is 0 Å². The summed E-state index contributed by atoms with van der Waals surface area (Å²) in [5.41, 5.74) is 0.691. The lowest BCUT2D eigenvalue weighted by molar-refractivity contribution is 0.265. The molecule has 0 bridgehead atoms. The summed E-state index contributed by atoms with van der Waals surface area (Å²) >= 11 is 0. The van der Waals surface area contributed by atoms with Crippen LogP contribution in [0.5, 0.6) is 0 Å². The molecule has 9 nitrogen and oxygen atoms in total. The first-order valence-corrected chi connectivity index (χ1v) is 10.1. The monoisotopic (exact) mass is 374 g/mol. The second-order valence-corrected chi connectivity index (χ2v) is 8.79. The summed E-state index contributed by atoms with van der Waals surface area (Å²) in [5.74, 6) is 1.95. The molecule has 0 unspecified atom stereocenters. The number of hydrogen-bond donors (Lipinski definition) is 2. The van der Waals surface area contributed by atoms with E-state index < -0.39 is 16.1 Å². The molecule has 1 saturated carbocycles. The minimum absolute atomic E-state index is 0.155. The second-order valence-electron chi connectivity index (χ2n) is 6.90. The highest BCUT2D eigenvalue weighted by molar-refractivity contribution is 7.89. The van der Waals surface area contributed by atoms with Gasteiger partial charge in [0.05, 0.1) is 28.5 Å². The number of sulfonamides is 1. The highest BCUT2D eigenvalue weighted by atomic mass is 32.2. The third-order valence-corrected chi connectivity index (χ3v) is 7.06. The molecule has 0 radical (unpaired) electrons. The van der Waals surface area contributed by atoms with Crippen LogP contribution in [0.2, 0.25) is 0 Å². The maximum atomic E-state index is 13.2. The van der Waals surface area contributed by atoms with Crippen molar-refractivity contribution in [1.29, 1.82) is 0 Å². The Balaban J connectivity index is 1.53. The Morgan fingerprint density at radius 1 is 1.15 bits per heavy atom. The fraction of sp³-hybridized carbons (Fsp3) is 0.438. The van der Waals surface area contributed by atoms with E-state index in [2.05, 4.69) is 20.1 Å². The van der Waals surface area contributed by atoms with Crippen LogP contribution in [-0.4, -0.2) is 44.0 Å². The largest absolute Gasteiger partial charge is 0.323 e. The molecule has 5 rings (SSSR count). The zero-order chi connectivity index (χ0) is 18.1. The lowest BCUT2D eigenvalue weighted by Gasteiger charge is -2.31. The standard InChI is InChI=1S/C16H18N6O3S/c1-9-15-19-14(10-2-3-10)20-21(15)6-7-22(9)26(24,25)11-4-5-12-13(8-11)18-16(23)17-12/h4-5,8-10H,2-3,6-7H2,1H3,(H2,17,18,23)/t9-/m1/s1. The van der Waals surface area contributed by atoms with Crippen LogP contribution < -0.4 is 5.69 Å². The number of nitrogens with one attached hydrogen (secondary N) is 2. The van der Waals surface area contributed by atoms with Gasteiger partial charge in [0, 0.05) is 12.5 Å². The minimum Gasteiger partial charge on any atom is -0.306 e. The van der Waals surface area contributed by atoms with Gasteiger partial charge >= 0.3 is 5.69 Å². The SMILES string of the molecule is C[C@@H]1c2nc(C3CC3)nn2CCN1S(=O)(=O)c1ccc2[nH]c(=O)[nH]c2c1. The predicted octanol–water partition coefficient (Wildman–Crippen LogP) is 1.09. The van der Waals surface area contributed by atoms with E-state index in [1.165, 1.54) is 16.4 Å². The van der Waals surface area contributed by atoms with Crippen molar-refractivity contribution in [3.63, 3.8) is 0 Å². The molecule has 26 heavy (non-hydrogen) atoms. The zero-order valence-electron chi connectivity index (χ0n) is 14.1. The van der Waals surface area contributed by atoms with Crippen molar-refractivity contribution in [2.24, 2.45) is 0 Å². The van der Waals surface area contributed by atoms with Crippen LogP contribution in [0.25, 0.3) is 11.0 Å². The van der Waals surface area contributed by atoms with Gasteiger partial charge in [-0.15, -0.1) is 0 Å². The normalized spacial score (nSPS) is 21.2. The molecule has 1 fully saturated rings. The molecule has 1 aliphatic carbocycles. The fourth-order valence-corrected chi connectivity index (χ4v) is 5.12. The highest BCUT2D eigenvalue weighted by Crippen LogP contribution is 2.39. The third kappa shape index (κ3) is 2.32. The van der Waals surface area contributed by atoms with Crippen LogP contribution in [0.3, 0.4) is 0 Å². The summed E-state index contributed by atoms with van der Waals surface area (Å²) < 4.78 is 29.6. The average Bonchev–Trinajstić information content (AvgIpc) is 3.24. The van der Waals surface area contributed by atoms with E-state index in [-0.39, 0.29) is 10.6 Å². The summed E-state index contributed by atoms with van der Waals surface area (Å²) in [4.78, 5) is 21.4. The quantitative estimate of drug-likeness (QED) is 0.712. The van der Waals surface area contributed by atoms with Crippen LogP contribution in [0.15, 0.2) is 27.9 Å². The molecule has 1 atom stereocenters. The molecular weight excluding hydrogens is 356 g/mol. The van der Waals surface area contributed by atoms with Gasteiger partial charge in [0.15, 0.2) is 5.82 Å². The Kier molecular flexibility index (Phi) is 3.20. The molecule has 2 aromatic heterocycles. The van der Waals surface area contributed by atoms with Gasteiger partial charge in [-0.2, -0.15) is 9.40 Å². The first-order valence-electron chi connectivity index (χ1n) is 8.62. The van der Waals surface area contributed by atoms with Gasteiger partial charge in [-0.3, -0.25) is 0 Å². The van der Waals surface area contributed by atoms with Crippen molar-refractivity contribution in [3.05, 3.63) is 40.3 Å². The Hall–Kier alpha value is -2.46. The second kappa shape index (κ2) is 5.27. The van der Waals surface area contributed by atoms with Gasteiger partial charge in [-0.25, -0.2) is 22.9 Å². The van der Waals surface area contributed by atoms with Crippen molar-refractivity contribution in [2.75, 3.05) is 6.54 Å². The number of benzene rings is 1. The molecule has 3 aromatic rings. The van der Waals surface area contributed by atoms with Gasteiger partial charge < -0.3 is 9.97 Å². The van der Waals surface area contributed by atoms with Crippen molar-refractivity contribution < 1.29 is 8.42 Å². The first-order chi connectivity index (χ1) is 12.4. The highest BCUT2D eigenvalue weighted by Gasteiger charge is 2.38. The van der Waals surface area contributed by atoms with E-state index in [0.717, 1.165) is 18.7 Å². The molecule has 0 saturated heterocycles. The fourth-order valence-electron chi connectivity index (χ4n) is 3.51. The van der Waals surface area contributed by atoms with Crippen molar-refractivity contribution in [3.8, 4) is 0 Å². The Morgan fingerprint density at radius 3 is 2.69 bits per heavy atom. The van der Waals surface area contributed by atoms with Gasteiger partial charge in [0.2, 0.25) is 10.0 Å². The number of imidazole rings is 1. The third-order valence-electron chi connectivity index (χ3n) is 5.09. The Labute approximate surface area is 149 Å². The van der Waals surface area contributed by atoms with Crippen LogP contribution in [0.4, 0.5) is 0 Å². The number of rotatable bonds is 3. The number of fused-ring (bicyclic) bond motifs is 2. The van der Waals surface area contributed by atoms with Gasteiger partial charge in [0.1, 0.15) is 5.82 Å². The maximum absolute atomic E-state index is 13.2. The van der Waals surface area contributed by atoms with Crippen molar-refractivity contribution >= 4 is 21.1 Å². The van der Waals surface area contributed by atoms with E-state index in [4.69, 9.17) is 0 Å². The molecular formula is C16H18N6O3S. The number of nitrogens with zero attached hydrogens (tertiary/aromatic N) is 4. The number of H-pyrrole nitrogens is 2. The maximum Gasteiger partial charge on any atom is 0.323 e. The van der Waals surface area contributed by atoms with Crippen LogP contribution in [0.1, 0.15) is 43.4 Å². The molecule has 0 amide bonds. The smallest absolute Gasteiger partial charge is 0.306 e. The van der Waals surface area contributed by atoms with E-state index >= 15 is 0 Å². The van der Waals surface area contributed by atoms with Crippen LogP contribution >= 0.6 is 0 Å². The molecule has 1 aromatic carbocycles. The van der Waals surface area contributed by atoms with E-state index in [9.17, 15) is 13.2 Å². The molecule has 136 valence electrons. The van der Waals surface area contributed by atoms with E-state index in [1.807, 2.05) is 11.6 Å².